The highest BCUT2D eigenvalue weighted by atomic mass is 19.1. The number of ether oxygens (including phenoxy) is 1. The van der Waals surface area contributed by atoms with Crippen LogP contribution in [0.4, 0.5) is 4.39 Å². The minimum atomic E-state index is -0.457. The topological polar surface area (TPSA) is 93.2 Å². The lowest BCUT2D eigenvalue weighted by Gasteiger charge is -2.08. The van der Waals surface area contributed by atoms with Crippen LogP contribution in [0.25, 0.3) is 0 Å². The molecule has 1 heterocycles. The fourth-order valence-electron chi connectivity index (χ4n) is 2.75. The number of nitrogens with zero attached hydrogens (tertiary/aromatic N) is 2. The van der Waals surface area contributed by atoms with Crippen molar-refractivity contribution in [1.29, 1.82) is 0 Å². The van der Waals surface area contributed by atoms with Crippen molar-refractivity contribution in [1.82, 2.24) is 20.6 Å². The third kappa shape index (κ3) is 5.38. The van der Waals surface area contributed by atoms with Crippen molar-refractivity contribution in [3.8, 4) is 5.75 Å². The highest BCUT2D eigenvalue weighted by Gasteiger charge is 2.13. The SMILES string of the molecule is COc1cccc(CNC(=O)c2cc(C(=O)NCc3ccc(F)c(C)c3)ncn2)c1. The number of aromatic nitrogens is 2. The first kappa shape index (κ1) is 20.9. The molecule has 2 aromatic carbocycles. The molecular weight excluding hydrogens is 387 g/mol. The molecule has 2 amide bonds. The smallest absolute Gasteiger partial charge is 0.270 e. The molecule has 3 rings (SSSR count). The Bertz CT molecular complexity index is 1070. The first-order chi connectivity index (χ1) is 14.5. The summed E-state index contributed by atoms with van der Waals surface area (Å²) >= 11 is 0. The van der Waals surface area contributed by atoms with Gasteiger partial charge in [-0.15, -0.1) is 0 Å². The number of amides is 2. The molecule has 0 aliphatic carbocycles. The van der Waals surface area contributed by atoms with E-state index in [-0.39, 0.29) is 30.3 Å². The summed E-state index contributed by atoms with van der Waals surface area (Å²) in [6.07, 6.45) is 1.16. The zero-order valence-corrected chi connectivity index (χ0v) is 16.6. The summed E-state index contributed by atoms with van der Waals surface area (Å²) in [5.41, 5.74) is 2.27. The van der Waals surface area contributed by atoms with Gasteiger partial charge in [-0.3, -0.25) is 9.59 Å². The second-order valence-electron chi connectivity index (χ2n) is 6.59. The van der Waals surface area contributed by atoms with E-state index in [9.17, 15) is 14.0 Å². The van der Waals surface area contributed by atoms with Crippen LogP contribution in [0.5, 0.6) is 5.75 Å². The van der Waals surface area contributed by atoms with Crippen LogP contribution < -0.4 is 15.4 Å². The molecule has 0 radical (unpaired) electrons. The first-order valence-electron chi connectivity index (χ1n) is 9.22. The van der Waals surface area contributed by atoms with E-state index < -0.39 is 11.8 Å². The Kier molecular flexibility index (Phi) is 6.69. The number of carbonyl (C=O) groups excluding carboxylic acids is 2. The van der Waals surface area contributed by atoms with Crippen LogP contribution in [0.15, 0.2) is 54.9 Å². The van der Waals surface area contributed by atoms with E-state index in [4.69, 9.17) is 4.74 Å². The Morgan fingerprint density at radius 3 is 2.17 bits per heavy atom. The van der Waals surface area contributed by atoms with Gasteiger partial charge in [0.15, 0.2) is 0 Å². The lowest BCUT2D eigenvalue weighted by molar-refractivity contribution is 0.0944. The average Bonchev–Trinajstić information content (AvgIpc) is 2.78. The van der Waals surface area contributed by atoms with Crippen molar-refractivity contribution in [2.45, 2.75) is 20.0 Å². The fourth-order valence-corrected chi connectivity index (χ4v) is 2.75. The molecule has 8 heteroatoms. The van der Waals surface area contributed by atoms with Crippen molar-refractivity contribution < 1.29 is 18.7 Å². The first-order valence-corrected chi connectivity index (χ1v) is 9.22. The molecule has 0 aliphatic heterocycles. The molecule has 0 bridgehead atoms. The maximum Gasteiger partial charge on any atom is 0.270 e. The predicted octanol–water partition coefficient (Wildman–Crippen LogP) is 2.79. The summed E-state index contributed by atoms with van der Waals surface area (Å²) < 4.78 is 18.5. The lowest BCUT2D eigenvalue weighted by atomic mass is 10.1. The molecule has 0 aliphatic rings. The highest BCUT2D eigenvalue weighted by Crippen LogP contribution is 2.12. The van der Waals surface area contributed by atoms with E-state index >= 15 is 0 Å². The van der Waals surface area contributed by atoms with Gasteiger partial charge in [-0.2, -0.15) is 0 Å². The minimum absolute atomic E-state index is 0.0652. The predicted molar refractivity (Wildman–Crippen MR) is 109 cm³/mol. The average molecular weight is 408 g/mol. The van der Waals surface area contributed by atoms with E-state index in [1.807, 2.05) is 24.3 Å². The number of aryl methyl sites for hydroxylation is 1. The van der Waals surface area contributed by atoms with Gasteiger partial charge in [0.2, 0.25) is 0 Å². The molecule has 3 aromatic rings. The molecule has 0 saturated heterocycles. The van der Waals surface area contributed by atoms with Gasteiger partial charge >= 0.3 is 0 Å². The maximum atomic E-state index is 13.3. The molecule has 2 N–H and O–H groups in total. The Morgan fingerprint density at radius 2 is 1.57 bits per heavy atom. The quantitative estimate of drug-likeness (QED) is 0.627. The van der Waals surface area contributed by atoms with Crippen LogP contribution >= 0.6 is 0 Å². The number of methoxy groups -OCH3 is 1. The van der Waals surface area contributed by atoms with Gasteiger partial charge in [0.05, 0.1) is 7.11 Å². The van der Waals surface area contributed by atoms with Crippen LogP contribution in [-0.2, 0) is 13.1 Å². The molecule has 0 atom stereocenters. The summed E-state index contributed by atoms with van der Waals surface area (Å²) in [6, 6.07) is 13.3. The van der Waals surface area contributed by atoms with Gasteiger partial charge < -0.3 is 15.4 Å². The largest absolute Gasteiger partial charge is 0.497 e. The number of hydrogen-bond donors (Lipinski definition) is 2. The Labute approximate surface area is 173 Å². The molecule has 30 heavy (non-hydrogen) atoms. The summed E-state index contributed by atoms with van der Waals surface area (Å²) in [5.74, 6) is -0.491. The number of hydrogen-bond acceptors (Lipinski definition) is 5. The van der Waals surface area contributed by atoms with Crippen molar-refractivity contribution in [3.05, 3.63) is 88.8 Å². The monoisotopic (exact) mass is 408 g/mol. The van der Waals surface area contributed by atoms with E-state index in [1.165, 1.54) is 12.1 Å². The molecule has 154 valence electrons. The molecule has 0 unspecified atom stereocenters. The Balaban J connectivity index is 1.60. The van der Waals surface area contributed by atoms with Gasteiger partial charge in [0.1, 0.15) is 29.3 Å². The van der Waals surface area contributed by atoms with Crippen LogP contribution in [-0.4, -0.2) is 28.9 Å². The lowest BCUT2D eigenvalue weighted by Crippen LogP contribution is -2.27. The third-order valence-corrected chi connectivity index (χ3v) is 4.40. The van der Waals surface area contributed by atoms with E-state index in [2.05, 4.69) is 20.6 Å². The highest BCUT2D eigenvalue weighted by molar-refractivity contribution is 5.97. The molecule has 0 fully saturated rings. The van der Waals surface area contributed by atoms with E-state index in [0.29, 0.717) is 11.3 Å². The molecule has 0 spiro atoms. The van der Waals surface area contributed by atoms with Gasteiger partial charge in [-0.25, -0.2) is 14.4 Å². The Morgan fingerprint density at radius 1 is 0.933 bits per heavy atom. The number of rotatable bonds is 7. The maximum absolute atomic E-state index is 13.3. The van der Waals surface area contributed by atoms with Crippen molar-refractivity contribution in [2.24, 2.45) is 0 Å². The summed E-state index contributed by atoms with van der Waals surface area (Å²) in [6.45, 7) is 2.15. The van der Waals surface area contributed by atoms with Gasteiger partial charge in [-0.05, 0) is 41.8 Å². The van der Waals surface area contributed by atoms with Crippen molar-refractivity contribution in [3.63, 3.8) is 0 Å². The Hall–Kier alpha value is -3.81. The second kappa shape index (κ2) is 9.60. The van der Waals surface area contributed by atoms with Crippen LogP contribution in [0.2, 0.25) is 0 Å². The van der Waals surface area contributed by atoms with Gasteiger partial charge in [-0.1, -0.05) is 24.3 Å². The summed E-state index contributed by atoms with van der Waals surface area (Å²) in [7, 11) is 1.57. The van der Waals surface area contributed by atoms with Crippen LogP contribution in [0.1, 0.15) is 37.7 Å². The normalized spacial score (nSPS) is 10.4. The molecular formula is C22H21FN4O3. The third-order valence-electron chi connectivity index (χ3n) is 4.40. The van der Waals surface area contributed by atoms with Gasteiger partial charge in [0, 0.05) is 19.2 Å². The summed E-state index contributed by atoms with van der Waals surface area (Å²) in [4.78, 5) is 32.6. The standard InChI is InChI=1S/C22H21FN4O3/c1-14-8-16(6-7-18(14)23)12-25-22(29)20-10-19(26-13-27-20)21(28)24-11-15-4-3-5-17(9-15)30-2/h3-10,13H,11-12H2,1-2H3,(H,24,28)(H,25,29). The zero-order valence-electron chi connectivity index (χ0n) is 16.6. The number of carbonyl (C=O) groups is 2. The molecule has 7 nitrogen and oxygen atoms in total. The van der Waals surface area contributed by atoms with Crippen LogP contribution in [0, 0.1) is 12.7 Å². The molecule has 0 saturated carbocycles. The van der Waals surface area contributed by atoms with Crippen LogP contribution in [0.3, 0.4) is 0 Å². The minimum Gasteiger partial charge on any atom is -0.497 e. The van der Waals surface area contributed by atoms with Crippen molar-refractivity contribution >= 4 is 11.8 Å². The van der Waals surface area contributed by atoms with E-state index in [0.717, 1.165) is 17.5 Å². The number of halogens is 1. The number of nitrogens with one attached hydrogen (secondary N) is 2. The van der Waals surface area contributed by atoms with Gasteiger partial charge in [0.25, 0.3) is 11.8 Å². The number of benzene rings is 2. The second-order valence-corrected chi connectivity index (χ2v) is 6.59. The van der Waals surface area contributed by atoms with Crippen molar-refractivity contribution in [2.75, 3.05) is 7.11 Å². The fraction of sp³-hybridized carbons (Fsp3) is 0.182. The summed E-state index contributed by atoms with van der Waals surface area (Å²) in [5, 5.41) is 5.45. The zero-order chi connectivity index (χ0) is 21.5. The van der Waals surface area contributed by atoms with E-state index in [1.54, 1.807) is 26.2 Å². The molecule has 1 aromatic heterocycles.